The van der Waals surface area contributed by atoms with Crippen molar-refractivity contribution in [3.8, 4) is 0 Å². The van der Waals surface area contributed by atoms with E-state index in [9.17, 15) is 0 Å². The molecular formula is C16H30N2O. The third-order valence-corrected chi connectivity index (χ3v) is 5.49. The Labute approximate surface area is 118 Å². The summed E-state index contributed by atoms with van der Waals surface area (Å²) < 4.78 is 5.29. The van der Waals surface area contributed by atoms with Gasteiger partial charge in [-0.05, 0) is 63.6 Å². The van der Waals surface area contributed by atoms with Crippen molar-refractivity contribution < 1.29 is 4.74 Å². The van der Waals surface area contributed by atoms with Crippen molar-refractivity contribution in [3.05, 3.63) is 0 Å². The van der Waals surface area contributed by atoms with Gasteiger partial charge < -0.3 is 9.64 Å². The van der Waals surface area contributed by atoms with Crippen LogP contribution in [0.25, 0.3) is 0 Å². The van der Waals surface area contributed by atoms with Crippen molar-refractivity contribution in [3.63, 3.8) is 0 Å². The summed E-state index contributed by atoms with van der Waals surface area (Å²) in [5.41, 5.74) is 0.625. The lowest BCUT2D eigenvalue weighted by molar-refractivity contribution is 0.117. The van der Waals surface area contributed by atoms with Crippen molar-refractivity contribution in [2.45, 2.75) is 51.0 Å². The van der Waals surface area contributed by atoms with E-state index in [-0.39, 0.29) is 0 Å². The number of fused-ring (bicyclic) bond motifs is 1. The van der Waals surface area contributed by atoms with Crippen LogP contribution in [0.2, 0.25) is 0 Å². The number of piperidine rings is 1. The van der Waals surface area contributed by atoms with Gasteiger partial charge in [-0.1, -0.05) is 6.42 Å². The number of hydrogen-bond donors (Lipinski definition) is 0. The molecule has 0 aromatic heterocycles. The lowest BCUT2D eigenvalue weighted by Crippen LogP contribution is -2.45. The molecule has 1 aliphatic carbocycles. The van der Waals surface area contributed by atoms with Gasteiger partial charge >= 0.3 is 0 Å². The van der Waals surface area contributed by atoms with E-state index in [0.29, 0.717) is 5.41 Å². The van der Waals surface area contributed by atoms with Gasteiger partial charge in [0.15, 0.2) is 0 Å². The molecule has 1 unspecified atom stereocenters. The highest BCUT2D eigenvalue weighted by molar-refractivity contribution is 4.96. The summed E-state index contributed by atoms with van der Waals surface area (Å²) in [5.74, 6) is 0. The second-order valence-corrected chi connectivity index (χ2v) is 7.02. The van der Waals surface area contributed by atoms with Gasteiger partial charge in [-0.25, -0.2) is 0 Å². The zero-order chi connectivity index (χ0) is 13.1. The molecule has 19 heavy (non-hydrogen) atoms. The molecule has 0 radical (unpaired) electrons. The van der Waals surface area contributed by atoms with Gasteiger partial charge in [0.25, 0.3) is 0 Å². The Morgan fingerprint density at radius 3 is 2.74 bits per heavy atom. The van der Waals surface area contributed by atoms with Crippen molar-refractivity contribution in [1.29, 1.82) is 0 Å². The normalized spacial score (nSPS) is 31.7. The van der Waals surface area contributed by atoms with Gasteiger partial charge in [-0.15, -0.1) is 0 Å². The van der Waals surface area contributed by atoms with Crippen LogP contribution < -0.4 is 0 Å². The summed E-state index contributed by atoms with van der Waals surface area (Å²) in [6.45, 7) is 7.63. The van der Waals surface area contributed by atoms with Gasteiger partial charge in [0, 0.05) is 32.8 Å². The Bertz CT molecular complexity index is 290. The molecule has 3 heteroatoms. The fourth-order valence-corrected chi connectivity index (χ4v) is 4.05. The molecule has 0 aromatic rings. The van der Waals surface area contributed by atoms with Crippen LogP contribution >= 0.6 is 0 Å². The Balaban J connectivity index is 1.53. The first kappa shape index (κ1) is 13.8. The minimum absolute atomic E-state index is 0.625. The van der Waals surface area contributed by atoms with Crippen LogP contribution in [0.15, 0.2) is 0 Å². The topological polar surface area (TPSA) is 15.7 Å². The SMILES string of the molecule is COCCC1(CN2CCCN3CCCCC3C2)CC1. The quantitative estimate of drug-likeness (QED) is 0.760. The molecule has 3 aliphatic rings. The van der Waals surface area contributed by atoms with Gasteiger partial charge in [0.05, 0.1) is 0 Å². The molecule has 2 aliphatic heterocycles. The fourth-order valence-electron chi connectivity index (χ4n) is 4.05. The smallest absolute Gasteiger partial charge is 0.0468 e. The number of hydrogen-bond acceptors (Lipinski definition) is 3. The average Bonchev–Trinajstić information content (AvgIpc) is 3.20. The largest absolute Gasteiger partial charge is 0.385 e. The van der Waals surface area contributed by atoms with Crippen LogP contribution in [0, 0.1) is 5.41 Å². The third-order valence-electron chi connectivity index (χ3n) is 5.49. The van der Waals surface area contributed by atoms with Crippen LogP contribution in [0.4, 0.5) is 0 Å². The summed E-state index contributed by atoms with van der Waals surface area (Å²) in [6.07, 6.45) is 9.81. The van der Waals surface area contributed by atoms with Crippen LogP contribution in [0.1, 0.15) is 44.9 Å². The Morgan fingerprint density at radius 1 is 1.11 bits per heavy atom. The number of nitrogens with zero attached hydrogens (tertiary/aromatic N) is 2. The minimum atomic E-state index is 0.625. The number of rotatable bonds is 5. The molecule has 3 nitrogen and oxygen atoms in total. The summed E-state index contributed by atoms with van der Waals surface area (Å²) >= 11 is 0. The fraction of sp³-hybridized carbons (Fsp3) is 1.00. The Morgan fingerprint density at radius 2 is 1.95 bits per heavy atom. The van der Waals surface area contributed by atoms with Gasteiger partial charge in [0.2, 0.25) is 0 Å². The van der Waals surface area contributed by atoms with Crippen molar-refractivity contribution in [2.75, 3.05) is 46.4 Å². The maximum atomic E-state index is 5.29. The molecule has 0 spiro atoms. The predicted molar refractivity (Wildman–Crippen MR) is 78.4 cm³/mol. The van der Waals surface area contributed by atoms with E-state index in [1.807, 2.05) is 7.11 Å². The Hall–Kier alpha value is -0.120. The Kier molecular flexibility index (Phi) is 4.45. The van der Waals surface area contributed by atoms with Gasteiger partial charge in [0.1, 0.15) is 0 Å². The van der Waals surface area contributed by atoms with E-state index in [0.717, 1.165) is 12.6 Å². The molecule has 0 aromatic carbocycles. The first-order valence-corrected chi connectivity index (χ1v) is 8.27. The standard InChI is InChI=1S/C16H30N2O/c1-19-12-8-16(6-7-16)14-17-9-4-11-18-10-3-2-5-15(18)13-17/h15H,2-14H2,1H3. The first-order chi connectivity index (χ1) is 9.31. The molecule has 0 bridgehead atoms. The lowest BCUT2D eigenvalue weighted by atomic mass is 10.00. The molecule has 0 N–H and O–H groups in total. The summed E-state index contributed by atoms with van der Waals surface area (Å²) in [5, 5.41) is 0. The number of ether oxygens (including phenoxy) is 1. The maximum absolute atomic E-state index is 5.29. The zero-order valence-corrected chi connectivity index (χ0v) is 12.6. The molecule has 2 heterocycles. The summed E-state index contributed by atoms with van der Waals surface area (Å²) in [7, 11) is 1.84. The molecule has 3 rings (SSSR count). The molecule has 1 atom stereocenters. The van der Waals surface area contributed by atoms with Crippen LogP contribution in [0.5, 0.6) is 0 Å². The highest BCUT2D eigenvalue weighted by atomic mass is 16.5. The van der Waals surface area contributed by atoms with Gasteiger partial charge in [-0.2, -0.15) is 0 Å². The first-order valence-electron chi connectivity index (χ1n) is 8.27. The second-order valence-electron chi connectivity index (χ2n) is 7.02. The van der Waals surface area contributed by atoms with Crippen molar-refractivity contribution in [2.24, 2.45) is 5.41 Å². The van der Waals surface area contributed by atoms with E-state index in [1.165, 1.54) is 77.7 Å². The van der Waals surface area contributed by atoms with E-state index >= 15 is 0 Å². The predicted octanol–water partition coefficient (Wildman–Crippen LogP) is 2.36. The molecule has 110 valence electrons. The van der Waals surface area contributed by atoms with Crippen LogP contribution in [-0.4, -0.2) is 62.3 Å². The van der Waals surface area contributed by atoms with Crippen molar-refractivity contribution in [1.82, 2.24) is 9.80 Å². The van der Waals surface area contributed by atoms with Crippen LogP contribution in [-0.2, 0) is 4.74 Å². The highest BCUT2D eigenvalue weighted by Crippen LogP contribution is 2.49. The van der Waals surface area contributed by atoms with E-state index in [1.54, 1.807) is 0 Å². The monoisotopic (exact) mass is 266 g/mol. The van der Waals surface area contributed by atoms with E-state index in [2.05, 4.69) is 9.80 Å². The van der Waals surface area contributed by atoms with E-state index < -0.39 is 0 Å². The molecule has 1 saturated carbocycles. The second kappa shape index (κ2) is 6.11. The number of methoxy groups -OCH3 is 1. The summed E-state index contributed by atoms with van der Waals surface area (Å²) in [6, 6.07) is 0.856. The molecular weight excluding hydrogens is 236 g/mol. The van der Waals surface area contributed by atoms with Crippen molar-refractivity contribution >= 4 is 0 Å². The lowest BCUT2D eigenvalue weighted by Gasteiger charge is -2.36. The zero-order valence-electron chi connectivity index (χ0n) is 12.6. The maximum Gasteiger partial charge on any atom is 0.0468 e. The average molecular weight is 266 g/mol. The summed E-state index contributed by atoms with van der Waals surface area (Å²) in [4.78, 5) is 5.54. The minimum Gasteiger partial charge on any atom is -0.385 e. The van der Waals surface area contributed by atoms with E-state index in [4.69, 9.17) is 4.74 Å². The van der Waals surface area contributed by atoms with Gasteiger partial charge in [-0.3, -0.25) is 4.90 Å². The molecule has 0 amide bonds. The molecule has 2 saturated heterocycles. The molecule has 3 fully saturated rings. The van der Waals surface area contributed by atoms with Crippen LogP contribution in [0.3, 0.4) is 0 Å². The third kappa shape index (κ3) is 3.50. The highest BCUT2D eigenvalue weighted by Gasteiger charge is 2.43.